The highest BCUT2D eigenvalue weighted by Crippen LogP contribution is 2.53. The minimum atomic E-state index is -0.883. The van der Waals surface area contributed by atoms with E-state index >= 15 is 0 Å². The standard InChI is InChI=1S/C16H23NO5/c18-13(15(11-1-2-11)3-5-21-6-4-15)17-7-12-8-22-10-16(12,9-17)14(19)20/h11-12H,1-10H2,(H,19,20)/t12-,16-/m1/s1. The molecule has 0 aromatic carbocycles. The molecule has 122 valence electrons. The first-order chi connectivity index (χ1) is 10.6. The lowest BCUT2D eigenvalue weighted by atomic mass is 9.74. The Morgan fingerprint density at radius 1 is 1.05 bits per heavy atom. The van der Waals surface area contributed by atoms with E-state index in [0.29, 0.717) is 38.8 Å². The molecule has 3 saturated heterocycles. The second-order valence-corrected chi connectivity index (χ2v) is 7.40. The largest absolute Gasteiger partial charge is 0.481 e. The molecule has 0 aromatic heterocycles. The molecule has 4 fully saturated rings. The van der Waals surface area contributed by atoms with Crippen molar-refractivity contribution in [3.8, 4) is 0 Å². The third kappa shape index (κ3) is 1.93. The molecule has 1 saturated carbocycles. The number of amides is 1. The zero-order valence-corrected chi connectivity index (χ0v) is 12.8. The van der Waals surface area contributed by atoms with E-state index < -0.39 is 11.4 Å². The highest BCUT2D eigenvalue weighted by molar-refractivity contribution is 5.86. The SMILES string of the molecule is O=C(N1C[C@@H]2COC[C@]2(C(=O)O)C1)C1(C2CC2)CCOCC1. The van der Waals surface area contributed by atoms with Gasteiger partial charge in [0.1, 0.15) is 5.41 Å². The molecule has 1 aliphatic carbocycles. The van der Waals surface area contributed by atoms with Crippen LogP contribution in [0.25, 0.3) is 0 Å². The molecule has 0 radical (unpaired) electrons. The van der Waals surface area contributed by atoms with Crippen molar-refractivity contribution in [3.05, 3.63) is 0 Å². The van der Waals surface area contributed by atoms with Gasteiger partial charge in [-0.3, -0.25) is 9.59 Å². The topological polar surface area (TPSA) is 76.1 Å². The Labute approximate surface area is 129 Å². The van der Waals surface area contributed by atoms with Crippen LogP contribution < -0.4 is 0 Å². The van der Waals surface area contributed by atoms with E-state index in [1.165, 1.54) is 0 Å². The second kappa shape index (κ2) is 4.93. The Morgan fingerprint density at radius 2 is 1.77 bits per heavy atom. The first kappa shape index (κ1) is 14.5. The van der Waals surface area contributed by atoms with Gasteiger partial charge in [-0.2, -0.15) is 0 Å². The predicted octanol–water partition coefficient (Wildman–Crippen LogP) is 0.753. The predicted molar refractivity (Wildman–Crippen MR) is 76.2 cm³/mol. The lowest BCUT2D eigenvalue weighted by Crippen LogP contribution is -2.49. The van der Waals surface area contributed by atoms with Gasteiger partial charge < -0.3 is 19.5 Å². The number of aliphatic carboxylic acids is 1. The summed E-state index contributed by atoms with van der Waals surface area (Å²) in [6.45, 7) is 2.81. The fourth-order valence-corrected chi connectivity index (χ4v) is 4.68. The summed E-state index contributed by atoms with van der Waals surface area (Å²) in [7, 11) is 0. The van der Waals surface area contributed by atoms with Crippen molar-refractivity contribution < 1.29 is 24.2 Å². The number of ether oxygens (including phenoxy) is 2. The van der Waals surface area contributed by atoms with Crippen molar-refractivity contribution >= 4 is 11.9 Å². The summed E-state index contributed by atoms with van der Waals surface area (Å²) in [5, 5.41) is 9.63. The smallest absolute Gasteiger partial charge is 0.314 e. The monoisotopic (exact) mass is 309 g/mol. The number of likely N-dealkylation sites (tertiary alicyclic amines) is 1. The van der Waals surface area contributed by atoms with Crippen LogP contribution in [0.5, 0.6) is 0 Å². The number of carboxylic acid groups (broad SMARTS) is 1. The number of carbonyl (C=O) groups is 2. The molecule has 4 rings (SSSR count). The van der Waals surface area contributed by atoms with Gasteiger partial charge in [-0.1, -0.05) is 0 Å². The summed E-state index contributed by atoms with van der Waals surface area (Å²) >= 11 is 0. The van der Waals surface area contributed by atoms with Crippen molar-refractivity contribution in [1.29, 1.82) is 0 Å². The summed E-state index contributed by atoms with van der Waals surface area (Å²) in [5.41, 5.74) is -1.18. The van der Waals surface area contributed by atoms with Gasteiger partial charge in [0, 0.05) is 32.2 Å². The Hall–Kier alpha value is -1.14. The van der Waals surface area contributed by atoms with Crippen LogP contribution in [0.4, 0.5) is 0 Å². The highest BCUT2D eigenvalue weighted by atomic mass is 16.5. The van der Waals surface area contributed by atoms with E-state index in [-0.39, 0.29) is 23.8 Å². The molecule has 0 spiro atoms. The molecule has 3 heterocycles. The number of hydrogen-bond acceptors (Lipinski definition) is 4. The number of hydrogen-bond donors (Lipinski definition) is 1. The molecule has 1 amide bonds. The molecule has 6 nitrogen and oxygen atoms in total. The van der Waals surface area contributed by atoms with Gasteiger partial charge in [0.05, 0.1) is 18.6 Å². The van der Waals surface area contributed by atoms with E-state index in [1.54, 1.807) is 0 Å². The third-order valence-electron chi connectivity index (χ3n) is 6.26. The van der Waals surface area contributed by atoms with Crippen LogP contribution in [0, 0.1) is 22.7 Å². The fourth-order valence-electron chi connectivity index (χ4n) is 4.68. The van der Waals surface area contributed by atoms with Gasteiger partial charge in [-0.05, 0) is 31.6 Å². The minimum absolute atomic E-state index is 0.0648. The quantitative estimate of drug-likeness (QED) is 0.832. The van der Waals surface area contributed by atoms with E-state index in [1.807, 2.05) is 4.90 Å². The Balaban J connectivity index is 1.57. The van der Waals surface area contributed by atoms with E-state index in [9.17, 15) is 14.7 Å². The Morgan fingerprint density at radius 3 is 2.36 bits per heavy atom. The first-order valence-corrected chi connectivity index (χ1v) is 8.27. The van der Waals surface area contributed by atoms with Gasteiger partial charge in [-0.15, -0.1) is 0 Å². The fraction of sp³-hybridized carbons (Fsp3) is 0.875. The van der Waals surface area contributed by atoms with Crippen LogP contribution >= 0.6 is 0 Å². The number of fused-ring (bicyclic) bond motifs is 1. The van der Waals surface area contributed by atoms with Crippen molar-refractivity contribution in [2.24, 2.45) is 22.7 Å². The zero-order chi connectivity index (χ0) is 15.4. The van der Waals surface area contributed by atoms with E-state index in [2.05, 4.69) is 0 Å². The van der Waals surface area contributed by atoms with Gasteiger partial charge in [0.25, 0.3) is 0 Å². The van der Waals surface area contributed by atoms with Crippen LogP contribution in [0.1, 0.15) is 25.7 Å². The van der Waals surface area contributed by atoms with Gasteiger partial charge in [0.2, 0.25) is 5.91 Å². The summed E-state index contributed by atoms with van der Waals surface area (Å²) in [6.07, 6.45) is 3.81. The summed E-state index contributed by atoms with van der Waals surface area (Å²) in [4.78, 5) is 26.8. The number of rotatable bonds is 3. The van der Waals surface area contributed by atoms with Gasteiger partial charge in [0.15, 0.2) is 0 Å². The summed E-state index contributed by atoms with van der Waals surface area (Å²) in [5.74, 6) is -0.238. The average molecular weight is 309 g/mol. The van der Waals surface area contributed by atoms with Crippen molar-refractivity contribution in [3.63, 3.8) is 0 Å². The van der Waals surface area contributed by atoms with Crippen molar-refractivity contribution in [1.82, 2.24) is 4.90 Å². The first-order valence-electron chi connectivity index (χ1n) is 8.27. The normalized spacial score (nSPS) is 37.1. The molecule has 0 aromatic rings. The molecule has 0 unspecified atom stereocenters. The average Bonchev–Trinajstić information content (AvgIpc) is 3.19. The number of nitrogens with zero attached hydrogens (tertiary/aromatic N) is 1. The molecular weight excluding hydrogens is 286 g/mol. The molecule has 3 aliphatic heterocycles. The minimum Gasteiger partial charge on any atom is -0.481 e. The summed E-state index contributed by atoms with van der Waals surface area (Å²) in [6, 6.07) is 0. The summed E-state index contributed by atoms with van der Waals surface area (Å²) < 4.78 is 10.9. The van der Waals surface area contributed by atoms with E-state index in [0.717, 1.165) is 25.7 Å². The maximum Gasteiger partial charge on any atom is 0.314 e. The second-order valence-electron chi connectivity index (χ2n) is 7.40. The van der Waals surface area contributed by atoms with Crippen LogP contribution in [-0.2, 0) is 19.1 Å². The molecule has 2 atom stereocenters. The lowest BCUT2D eigenvalue weighted by molar-refractivity contribution is -0.153. The van der Waals surface area contributed by atoms with Crippen LogP contribution in [-0.4, -0.2) is 61.4 Å². The Bertz CT molecular complexity index is 497. The van der Waals surface area contributed by atoms with Crippen LogP contribution in [0.2, 0.25) is 0 Å². The lowest BCUT2D eigenvalue weighted by Gasteiger charge is -2.39. The highest BCUT2D eigenvalue weighted by Gasteiger charge is 2.60. The third-order valence-corrected chi connectivity index (χ3v) is 6.26. The molecule has 6 heteroatoms. The number of carboxylic acids is 1. The van der Waals surface area contributed by atoms with Crippen molar-refractivity contribution in [2.75, 3.05) is 39.5 Å². The molecule has 0 bridgehead atoms. The number of carbonyl (C=O) groups excluding carboxylic acids is 1. The maximum atomic E-state index is 13.2. The zero-order valence-electron chi connectivity index (χ0n) is 12.8. The van der Waals surface area contributed by atoms with Gasteiger partial charge in [-0.25, -0.2) is 0 Å². The maximum absolute atomic E-state index is 13.2. The molecule has 4 aliphatic rings. The molecule has 22 heavy (non-hydrogen) atoms. The van der Waals surface area contributed by atoms with Gasteiger partial charge >= 0.3 is 5.97 Å². The molecular formula is C16H23NO5. The van der Waals surface area contributed by atoms with E-state index in [4.69, 9.17) is 9.47 Å². The van der Waals surface area contributed by atoms with Crippen molar-refractivity contribution in [2.45, 2.75) is 25.7 Å². The Kier molecular flexibility index (Phi) is 3.24. The molecule has 1 N–H and O–H groups in total. The van der Waals surface area contributed by atoms with Crippen LogP contribution in [0.3, 0.4) is 0 Å². The van der Waals surface area contributed by atoms with Crippen LogP contribution in [0.15, 0.2) is 0 Å².